The molecule has 0 fully saturated rings. The van der Waals surface area contributed by atoms with Crippen molar-refractivity contribution in [3.63, 3.8) is 0 Å². The van der Waals surface area contributed by atoms with E-state index in [1.165, 1.54) is 24.3 Å². The van der Waals surface area contributed by atoms with Crippen molar-refractivity contribution in [3.8, 4) is 5.75 Å². The van der Waals surface area contributed by atoms with Crippen molar-refractivity contribution in [2.75, 3.05) is 24.3 Å². The maximum absolute atomic E-state index is 13.9. The number of hydrogen-bond donors (Lipinski definition) is 5. The predicted molar refractivity (Wildman–Crippen MR) is 102 cm³/mol. The van der Waals surface area contributed by atoms with Gasteiger partial charge in [-0.05, 0) is 35.9 Å². The van der Waals surface area contributed by atoms with Gasteiger partial charge in [0.15, 0.2) is 0 Å². The maximum atomic E-state index is 13.9. The molecule has 0 saturated heterocycles. The van der Waals surface area contributed by atoms with Crippen molar-refractivity contribution in [3.05, 3.63) is 58.8 Å². The first kappa shape index (κ1) is 20.7. The summed E-state index contributed by atoms with van der Waals surface area (Å²) in [6.07, 6.45) is 1.50. The number of amides is 1. The summed E-state index contributed by atoms with van der Waals surface area (Å²) < 4.78 is 24.0. The molecule has 27 heavy (non-hydrogen) atoms. The number of carbonyl (C=O) groups excluding carboxylic acids is 1. The first-order chi connectivity index (χ1) is 13.0. The third kappa shape index (κ3) is 6.24. The minimum absolute atomic E-state index is 0.0786. The molecule has 2 aromatic rings. The second kappa shape index (κ2) is 10.5. The second-order valence-corrected chi connectivity index (χ2v) is 5.87. The van der Waals surface area contributed by atoms with Gasteiger partial charge in [0.1, 0.15) is 28.8 Å². The van der Waals surface area contributed by atoms with Crippen LogP contribution in [0, 0.1) is 5.82 Å². The number of aliphatic hydroxyl groups excluding tert-OH is 1. The van der Waals surface area contributed by atoms with E-state index in [1.807, 2.05) is 5.59 Å². The number of para-hydroxylation sites is 1. The predicted octanol–water partition coefficient (Wildman–Crippen LogP) is 1.80. The number of hydrazine groups is 1. The molecular weight excluding hydrogens is 375 g/mol. The van der Waals surface area contributed by atoms with Gasteiger partial charge >= 0.3 is 0 Å². The van der Waals surface area contributed by atoms with Gasteiger partial charge < -0.3 is 20.9 Å². The number of rotatable bonds is 9. The van der Waals surface area contributed by atoms with Crippen molar-refractivity contribution in [2.45, 2.75) is 0 Å². The molecule has 144 valence electrons. The molecule has 8 nitrogen and oxygen atoms in total. The van der Waals surface area contributed by atoms with Gasteiger partial charge in [0.05, 0.1) is 24.3 Å². The Balaban J connectivity index is 2.25. The van der Waals surface area contributed by atoms with Crippen LogP contribution in [0.15, 0.2) is 47.4 Å². The lowest BCUT2D eigenvalue weighted by Gasteiger charge is -2.11. The number of nitrogen functional groups attached to an aromatic ring is 1. The average molecular weight is 394 g/mol. The normalized spacial score (nSPS) is 11.3. The molecule has 0 bridgehead atoms. The van der Waals surface area contributed by atoms with Gasteiger partial charge in [-0.2, -0.15) is 0 Å². The number of ether oxygens (including phenoxy) is 1. The summed E-state index contributed by atoms with van der Waals surface area (Å²) >= 11 is 0.648. The number of hydrogen-bond acceptors (Lipinski definition) is 8. The number of benzene rings is 2. The van der Waals surface area contributed by atoms with Crippen LogP contribution in [0.2, 0.25) is 0 Å². The van der Waals surface area contributed by atoms with E-state index in [9.17, 15) is 9.18 Å². The van der Waals surface area contributed by atoms with Crippen LogP contribution in [-0.2, 0) is 9.08 Å². The van der Waals surface area contributed by atoms with Crippen LogP contribution in [-0.4, -0.2) is 24.2 Å². The number of carbonyl (C=O) groups is 1. The van der Waals surface area contributed by atoms with Gasteiger partial charge in [-0.15, -0.1) is 5.59 Å². The highest BCUT2D eigenvalue weighted by Gasteiger charge is 2.16. The van der Waals surface area contributed by atoms with E-state index in [-0.39, 0.29) is 29.5 Å². The number of nitrogens with two attached hydrogens (primary N) is 2. The van der Waals surface area contributed by atoms with Crippen molar-refractivity contribution in [1.29, 1.82) is 0 Å². The summed E-state index contributed by atoms with van der Waals surface area (Å²) in [5, 5.41) is 11.2. The number of nitrogens with one attached hydrogen (secondary N) is 2. The highest BCUT2D eigenvalue weighted by molar-refractivity contribution is 7.99. The molecule has 2 rings (SSSR count). The van der Waals surface area contributed by atoms with Gasteiger partial charge in [-0.25, -0.2) is 14.5 Å². The minimum Gasteiger partial charge on any atom is -0.491 e. The van der Waals surface area contributed by atoms with E-state index in [1.54, 1.807) is 24.3 Å². The standard InChI is InChI=1S/C17H19FN4O4S/c18-13-5-2-6-14(19)16(13)21-17(24)15(27-26-22-20)10-11-3-1-4-12(9-11)25-8-7-23/h1-6,9-10,22-23H,7-8,19-20H2,(H,21,24)/b15-10-. The van der Waals surface area contributed by atoms with Gasteiger partial charge in [0, 0.05) is 0 Å². The van der Waals surface area contributed by atoms with E-state index in [2.05, 4.69) is 5.32 Å². The Kier molecular flexibility index (Phi) is 8.04. The molecule has 0 saturated carbocycles. The first-order valence-electron chi connectivity index (χ1n) is 7.75. The lowest BCUT2D eigenvalue weighted by atomic mass is 10.2. The molecule has 1 amide bonds. The summed E-state index contributed by atoms with van der Waals surface area (Å²) in [5.41, 5.74) is 8.24. The Morgan fingerprint density at radius 3 is 2.78 bits per heavy atom. The molecule has 0 aliphatic heterocycles. The molecule has 0 unspecified atom stereocenters. The zero-order valence-electron chi connectivity index (χ0n) is 14.1. The Bertz CT molecular complexity index is 799. The fourth-order valence-corrected chi connectivity index (χ4v) is 2.50. The van der Waals surface area contributed by atoms with E-state index in [4.69, 9.17) is 25.7 Å². The van der Waals surface area contributed by atoms with Crippen LogP contribution in [0.3, 0.4) is 0 Å². The Hall–Kier alpha value is -2.63. The molecule has 0 aromatic heterocycles. The van der Waals surface area contributed by atoms with Crippen LogP contribution in [0.25, 0.3) is 6.08 Å². The summed E-state index contributed by atoms with van der Waals surface area (Å²) in [5.74, 6) is 4.28. The Morgan fingerprint density at radius 1 is 1.30 bits per heavy atom. The van der Waals surface area contributed by atoms with Crippen molar-refractivity contribution < 1.29 is 23.3 Å². The van der Waals surface area contributed by atoms with E-state index >= 15 is 0 Å². The summed E-state index contributed by atoms with van der Waals surface area (Å²) in [6, 6.07) is 10.9. The Morgan fingerprint density at radius 2 is 2.07 bits per heavy atom. The highest BCUT2D eigenvalue weighted by atomic mass is 32.2. The molecule has 0 aliphatic carbocycles. The largest absolute Gasteiger partial charge is 0.491 e. The summed E-state index contributed by atoms with van der Waals surface area (Å²) in [6.45, 7) is 0.0195. The third-order valence-electron chi connectivity index (χ3n) is 3.20. The molecule has 10 heteroatoms. The third-order valence-corrected chi connectivity index (χ3v) is 3.87. The number of aliphatic hydroxyl groups is 1. The number of anilines is 2. The molecule has 0 aliphatic rings. The smallest absolute Gasteiger partial charge is 0.264 e. The molecular formula is C17H19FN4O4S. The van der Waals surface area contributed by atoms with Crippen LogP contribution in [0.4, 0.5) is 15.8 Å². The fraction of sp³-hybridized carbons (Fsp3) is 0.118. The van der Waals surface area contributed by atoms with Crippen molar-refractivity contribution in [2.24, 2.45) is 5.84 Å². The minimum atomic E-state index is -0.662. The van der Waals surface area contributed by atoms with Crippen LogP contribution >= 0.6 is 12.0 Å². The lowest BCUT2D eigenvalue weighted by molar-refractivity contribution is -0.112. The van der Waals surface area contributed by atoms with Crippen LogP contribution in [0.5, 0.6) is 5.75 Å². The summed E-state index contributed by atoms with van der Waals surface area (Å²) in [4.78, 5) is 12.6. The van der Waals surface area contributed by atoms with E-state index in [0.29, 0.717) is 23.4 Å². The Labute approximate surface area is 159 Å². The SMILES string of the molecule is NNOS/C(=C\c1cccc(OCCO)c1)C(=O)Nc1c(N)cccc1F. The second-order valence-electron chi connectivity index (χ2n) is 5.10. The van der Waals surface area contributed by atoms with Gasteiger partial charge in [-0.3, -0.25) is 4.79 Å². The quantitative estimate of drug-likeness (QED) is 0.143. The molecule has 0 spiro atoms. The summed E-state index contributed by atoms with van der Waals surface area (Å²) in [7, 11) is 0. The molecule has 0 radical (unpaired) electrons. The first-order valence-corrected chi connectivity index (χ1v) is 8.49. The number of halogens is 1. The zero-order chi connectivity index (χ0) is 19.6. The monoisotopic (exact) mass is 394 g/mol. The average Bonchev–Trinajstić information content (AvgIpc) is 2.66. The molecule has 0 heterocycles. The van der Waals surface area contributed by atoms with Crippen molar-refractivity contribution in [1.82, 2.24) is 5.59 Å². The lowest BCUT2D eigenvalue weighted by Crippen LogP contribution is -2.21. The van der Waals surface area contributed by atoms with Crippen LogP contribution < -0.4 is 27.2 Å². The van der Waals surface area contributed by atoms with E-state index in [0.717, 1.165) is 0 Å². The van der Waals surface area contributed by atoms with E-state index < -0.39 is 11.7 Å². The molecule has 2 aromatic carbocycles. The highest BCUT2D eigenvalue weighted by Crippen LogP contribution is 2.26. The van der Waals surface area contributed by atoms with Gasteiger partial charge in [-0.1, -0.05) is 18.2 Å². The van der Waals surface area contributed by atoms with Crippen molar-refractivity contribution >= 4 is 35.4 Å². The molecule has 0 atom stereocenters. The van der Waals surface area contributed by atoms with Crippen LogP contribution in [0.1, 0.15) is 5.56 Å². The maximum Gasteiger partial charge on any atom is 0.264 e. The topological polar surface area (TPSA) is 132 Å². The zero-order valence-corrected chi connectivity index (χ0v) is 15.0. The van der Waals surface area contributed by atoms with Gasteiger partial charge in [0.2, 0.25) is 0 Å². The molecule has 7 N–H and O–H groups in total. The fourth-order valence-electron chi connectivity index (χ4n) is 2.05. The van der Waals surface area contributed by atoms with Gasteiger partial charge in [0.25, 0.3) is 5.91 Å².